The molecule has 0 bridgehead atoms. The lowest BCUT2D eigenvalue weighted by Crippen LogP contribution is -2.52. The van der Waals surface area contributed by atoms with Crippen LogP contribution in [0.1, 0.15) is 24.8 Å². The van der Waals surface area contributed by atoms with E-state index in [-0.39, 0.29) is 35.7 Å². The molecule has 1 atom stereocenters. The first-order valence-corrected chi connectivity index (χ1v) is 10.5. The van der Waals surface area contributed by atoms with Gasteiger partial charge in [0.15, 0.2) is 5.78 Å². The van der Waals surface area contributed by atoms with E-state index in [0.29, 0.717) is 35.5 Å². The van der Waals surface area contributed by atoms with Crippen LogP contribution in [0.4, 0.5) is 15.8 Å². The Morgan fingerprint density at radius 2 is 1.94 bits per heavy atom. The van der Waals surface area contributed by atoms with Crippen LogP contribution in [0.5, 0.6) is 0 Å². The third-order valence-electron chi connectivity index (χ3n) is 6.49. The van der Waals surface area contributed by atoms with Gasteiger partial charge in [0.05, 0.1) is 17.8 Å². The van der Waals surface area contributed by atoms with Crippen molar-refractivity contribution in [1.82, 2.24) is 0 Å². The molecule has 0 saturated carbocycles. The fourth-order valence-electron chi connectivity index (χ4n) is 5.29. The Kier molecular flexibility index (Phi) is 4.58. The molecule has 0 fully saturated rings. The van der Waals surface area contributed by atoms with Gasteiger partial charge < -0.3 is 5.73 Å². The number of allylic oxidation sites excluding steroid dienone is 1. The molecular formula is C26H19FN4O2. The number of para-hydroxylation sites is 1. The zero-order chi connectivity index (χ0) is 23.3. The number of terminal acetylenes is 1. The van der Waals surface area contributed by atoms with Gasteiger partial charge >= 0.3 is 0 Å². The minimum Gasteiger partial charge on any atom is -0.384 e. The van der Waals surface area contributed by atoms with E-state index in [1.807, 2.05) is 0 Å². The van der Waals surface area contributed by atoms with Crippen LogP contribution in [0.3, 0.4) is 0 Å². The highest BCUT2D eigenvalue weighted by Gasteiger charge is 2.62. The van der Waals surface area contributed by atoms with E-state index in [1.54, 1.807) is 35.2 Å². The van der Waals surface area contributed by atoms with E-state index in [4.69, 9.17) is 12.2 Å². The normalized spacial score (nSPS) is 21.8. The van der Waals surface area contributed by atoms with Crippen LogP contribution in [0, 0.1) is 29.5 Å². The predicted molar refractivity (Wildman–Crippen MR) is 121 cm³/mol. The molecule has 2 N–H and O–H groups in total. The number of halogens is 1. The highest BCUT2D eigenvalue weighted by Crippen LogP contribution is 2.56. The van der Waals surface area contributed by atoms with Gasteiger partial charge in [-0.15, -0.1) is 6.42 Å². The van der Waals surface area contributed by atoms with Crippen LogP contribution < -0.4 is 15.5 Å². The second-order valence-electron chi connectivity index (χ2n) is 8.15. The molecule has 2 aromatic carbocycles. The maximum absolute atomic E-state index is 14.1. The first-order valence-electron chi connectivity index (χ1n) is 10.5. The molecule has 1 spiro atoms. The number of Topliss-reactive ketones (excluding diaryl/α,β-unsaturated/α-hetero) is 1. The summed E-state index contributed by atoms with van der Waals surface area (Å²) in [6, 6.07) is 14.9. The van der Waals surface area contributed by atoms with Gasteiger partial charge in [0.2, 0.25) is 5.91 Å². The smallest absolute Gasteiger partial charge is 0.248 e. The monoisotopic (exact) mass is 438 g/mol. The third kappa shape index (κ3) is 2.60. The van der Waals surface area contributed by atoms with E-state index in [2.05, 4.69) is 12.0 Å². The van der Waals surface area contributed by atoms with Gasteiger partial charge in [0.25, 0.3) is 0 Å². The molecule has 0 unspecified atom stereocenters. The van der Waals surface area contributed by atoms with Crippen molar-refractivity contribution in [2.24, 2.45) is 5.73 Å². The number of nitriles is 1. The summed E-state index contributed by atoms with van der Waals surface area (Å²) in [6.07, 6.45) is 6.78. The molecule has 33 heavy (non-hydrogen) atoms. The Hall–Kier alpha value is -4.36. The summed E-state index contributed by atoms with van der Waals surface area (Å²) in [5.41, 5.74) is 7.00. The molecule has 2 aliphatic heterocycles. The summed E-state index contributed by atoms with van der Waals surface area (Å²) in [7, 11) is 0. The van der Waals surface area contributed by atoms with Crippen LogP contribution >= 0.6 is 0 Å². The van der Waals surface area contributed by atoms with Crippen LogP contribution in [0.2, 0.25) is 0 Å². The number of benzene rings is 2. The fraction of sp³-hybridized carbons (Fsp3) is 0.192. The summed E-state index contributed by atoms with van der Waals surface area (Å²) in [4.78, 5) is 30.5. The number of rotatable bonds is 2. The van der Waals surface area contributed by atoms with E-state index >= 15 is 0 Å². The summed E-state index contributed by atoms with van der Waals surface area (Å²) >= 11 is 0. The maximum Gasteiger partial charge on any atom is 0.248 e. The number of hydrogen-bond acceptors (Lipinski definition) is 5. The first-order chi connectivity index (χ1) is 16.0. The van der Waals surface area contributed by atoms with Crippen molar-refractivity contribution in [3.8, 4) is 18.4 Å². The lowest BCUT2D eigenvalue weighted by molar-refractivity contribution is -0.124. The Morgan fingerprint density at radius 1 is 1.15 bits per heavy atom. The molecule has 0 radical (unpaired) electrons. The minimum atomic E-state index is -1.68. The standard InChI is InChI=1S/C26H19FN4O2/c1-2-13-30-20-10-4-3-9-18(20)26(25(30)33)19(15-28)24(29)31(17-8-5-7-16(27)14-17)21-11-6-12-22(32)23(21)26/h1,3-5,7-10,14H,6,11-13,29H2/t26-/m1/s1. The van der Waals surface area contributed by atoms with Gasteiger partial charge in [-0.3, -0.25) is 19.4 Å². The number of anilines is 2. The molecular weight excluding hydrogens is 419 g/mol. The van der Waals surface area contributed by atoms with Gasteiger partial charge in [-0.2, -0.15) is 5.26 Å². The lowest BCUT2D eigenvalue weighted by Gasteiger charge is -2.43. The molecule has 0 saturated heterocycles. The average molecular weight is 438 g/mol. The van der Waals surface area contributed by atoms with Crippen LogP contribution in [-0.4, -0.2) is 18.2 Å². The third-order valence-corrected chi connectivity index (χ3v) is 6.49. The van der Waals surface area contributed by atoms with E-state index < -0.39 is 17.1 Å². The van der Waals surface area contributed by atoms with Crippen molar-refractivity contribution in [3.05, 3.63) is 82.6 Å². The van der Waals surface area contributed by atoms with Gasteiger partial charge in [-0.05, 0) is 37.1 Å². The summed E-state index contributed by atoms with van der Waals surface area (Å²) in [5.74, 6) is 1.31. The van der Waals surface area contributed by atoms with Gasteiger partial charge in [0, 0.05) is 28.9 Å². The highest BCUT2D eigenvalue weighted by atomic mass is 19.1. The van der Waals surface area contributed by atoms with E-state index in [9.17, 15) is 19.2 Å². The van der Waals surface area contributed by atoms with Crippen molar-refractivity contribution in [3.63, 3.8) is 0 Å². The van der Waals surface area contributed by atoms with Gasteiger partial charge in [-0.1, -0.05) is 30.2 Å². The van der Waals surface area contributed by atoms with Crippen molar-refractivity contribution >= 4 is 23.1 Å². The number of ketones is 1. The van der Waals surface area contributed by atoms with E-state index in [1.165, 1.54) is 23.1 Å². The fourth-order valence-corrected chi connectivity index (χ4v) is 5.29. The van der Waals surface area contributed by atoms with Crippen LogP contribution in [0.25, 0.3) is 0 Å². The largest absolute Gasteiger partial charge is 0.384 e. The quantitative estimate of drug-likeness (QED) is 0.727. The van der Waals surface area contributed by atoms with Crippen molar-refractivity contribution in [2.75, 3.05) is 16.3 Å². The Morgan fingerprint density at radius 3 is 2.67 bits per heavy atom. The van der Waals surface area contributed by atoms with Crippen molar-refractivity contribution in [1.29, 1.82) is 5.26 Å². The number of hydrogen-bond donors (Lipinski definition) is 1. The SMILES string of the molecule is C#CCN1C(=O)[C@@]2(C(C#N)=C(N)N(c3cccc(F)c3)C3=C2C(=O)CCC3)c2ccccc21. The molecule has 6 nitrogen and oxygen atoms in total. The van der Waals surface area contributed by atoms with Gasteiger partial charge in [-0.25, -0.2) is 4.39 Å². The lowest BCUT2D eigenvalue weighted by atomic mass is 9.64. The zero-order valence-corrected chi connectivity index (χ0v) is 17.6. The Balaban J connectivity index is 1.89. The Labute approximate surface area is 190 Å². The first kappa shape index (κ1) is 20.5. The molecule has 2 aromatic rings. The molecule has 1 aliphatic carbocycles. The van der Waals surface area contributed by atoms with Gasteiger partial charge in [0.1, 0.15) is 23.1 Å². The molecule has 3 aliphatic rings. The molecule has 5 rings (SSSR count). The van der Waals surface area contributed by atoms with Crippen LogP contribution in [0.15, 0.2) is 71.2 Å². The number of amides is 1. The molecule has 2 heterocycles. The van der Waals surface area contributed by atoms with Crippen molar-refractivity contribution < 1.29 is 14.0 Å². The second-order valence-corrected chi connectivity index (χ2v) is 8.15. The topological polar surface area (TPSA) is 90.4 Å². The molecule has 1 amide bonds. The Bertz CT molecular complexity index is 1380. The minimum absolute atomic E-state index is 0.00209. The zero-order valence-electron chi connectivity index (χ0n) is 17.6. The summed E-state index contributed by atoms with van der Waals surface area (Å²) in [5, 5.41) is 10.3. The number of carbonyl (C=O) groups is 2. The summed E-state index contributed by atoms with van der Waals surface area (Å²) < 4.78 is 14.1. The molecule has 162 valence electrons. The second kappa shape index (κ2) is 7.36. The highest BCUT2D eigenvalue weighted by molar-refractivity contribution is 6.20. The summed E-state index contributed by atoms with van der Waals surface area (Å²) in [6.45, 7) is -0.0133. The molecule has 7 heteroatoms. The number of carbonyl (C=O) groups excluding carboxylic acids is 2. The number of nitrogens with two attached hydrogens (primary N) is 1. The maximum atomic E-state index is 14.1. The predicted octanol–water partition coefficient (Wildman–Crippen LogP) is 3.26. The van der Waals surface area contributed by atoms with E-state index in [0.717, 1.165) is 0 Å². The number of nitrogens with zero attached hydrogens (tertiary/aromatic N) is 3. The van der Waals surface area contributed by atoms with Crippen molar-refractivity contribution in [2.45, 2.75) is 24.7 Å². The van der Waals surface area contributed by atoms with Crippen LogP contribution in [-0.2, 0) is 15.0 Å². The average Bonchev–Trinajstić information content (AvgIpc) is 3.04. The number of fused-ring (bicyclic) bond motifs is 3. The molecule has 0 aromatic heterocycles.